The lowest BCUT2D eigenvalue weighted by Gasteiger charge is -2.25. The molecule has 0 bridgehead atoms. The highest BCUT2D eigenvalue weighted by molar-refractivity contribution is 7.90. The number of fused-ring (bicyclic) bond motifs is 1. The van der Waals surface area contributed by atoms with Gasteiger partial charge in [0.1, 0.15) is 11.9 Å². The first-order valence-corrected chi connectivity index (χ1v) is 12.2. The molecule has 1 atom stereocenters. The summed E-state index contributed by atoms with van der Waals surface area (Å²) in [5.74, 6) is 0.418. The van der Waals surface area contributed by atoms with Crippen LogP contribution in [-0.4, -0.2) is 29.9 Å². The van der Waals surface area contributed by atoms with Crippen LogP contribution in [-0.2, 0) is 28.6 Å². The minimum absolute atomic E-state index is 0.0663. The lowest BCUT2D eigenvalue weighted by atomic mass is 9.87. The predicted octanol–water partition coefficient (Wildman–Crippen LogP) is 4.23. The molecule has 6 nitrogen and oxygen atoms in total. The summed E-state index contributed by atoms with van der Waals surface area (Å²) in [6, 6.07) is 12.0. The molecular weight excluding hydrogens is 412 g/mol. The van der Waals surface area contributed by atoms with Crippen molar-refractivity contribution in [2.75, 3.05) is 0 Å². The number of benzene rings is 2. The van der Waals surface area contributed by atoms with Gasteiger partial charge in [0.05, 0.1) is 23.5 Å². The van der Waals surface area contributed by atoms with Crippen LogP contribution in [0.2, 0.25) is 0 Å². The van der Waals surface area contributed by atoms with Crippen molar-refractivity contribution >= 4 is 15.6 Å². The molecule has 0 saturated carbocycles. The zero-order valence-electron chi connectivity index (χ0n) is 17.5. The second-order valence-electron chi connectivity index (χ2n) is 7.82. The lowest BCUT2D eigenvalue weighted by molar-refractivity contribution is 0.0972. The third-order valence-electron chi connectivity index (χ3n) is 5.68. The van der Waals surface area contributed by atoms with E-state index in [0.717, 1.165) is 18.4 Å². The Morgan fingerprint density at radius 1 is 1.13 bits per heavy atom. The summed E-state index contributed by atoms with van der Waals surface area (Å²) < 4.78 is 34.6. The van der Waals surface area contributed by atoms with Crippen molar-refractivity contribution in [3.8, 4) is 5.75 Å². The van der Waals surface area contributed by atoms with E-state index in [-0.39, 0.29) is 22.5 Å². The van der Waals surface area contributed by atoms with E-state index >= 15 is 0 Å². The molecule has 1 aromatic heterocycles. The van der Waals surface area contributed by atoms with Gasteiger partial charge in [0, 0.05) is 29.9 Å². The Kier molecular flexibility index (Phi) is 6.23. The minimum atomic E-state index is -3.59. The van der Waals surface area contributed by atoms with Gasteiger partial charge in [-0.15, -0.1) is 0 Å². The molecule has 0 radical (unpaired) electrons. The van der Waals surface area contributed by atoms with Crippen molar-refractivity contribution < 1.29 is 17.9 Å². The standard InChI is InChI=1S/C24H26N2O4S/c1-2-18(15-26-14-13-25-17-26)30-24-12-11-21-20(9-6-10-23(21)27)22(24)16-31(28,29)19-7-4-3-5-8-19/h3-5,7-8,11-14,17-18H,2,6,9-10,15-16H2,1H3. The van der Waals surface area contributed by atoms with Gasteiger partial charge in [-0.05, 0) is 49.1 Å². The normalized spacial score (nSPS) is 14.8. The van der Waals surface area contributed by atoms with Crippen LogP contribution in [0.1, 0.15) is 47.7 Å². The van der Waals surface area contributed by atoms with Gasteiger partial charge in [0.25, 0.3) is 0 Å². The maximum absolute atomic E-state index is 13.2. The Labute approximate surface area is 182 Å². The average molecular weight is 439 g/mol. The molecular formula is C24H26N2O4S. The molecule has 0 aliphatic heterocycles. The number of rotatable bonds is 8. The number of sulfone groups is 1. The van der Waals surface area contributed by atoms with E-state index in [2.05, 4.69) is 4.98 Å². The van der Waals surface area contributed by atoms with Crippen LogP contribution in [0.3, 0.4) is 0 Å². The number of ketones is 1. The molecule has 0 spiro atoms. The first-order valence-electron chi connectivity index (χ1n) is 10.6. The van der Waals surface area contributed by atoms with Crippen LogP contribution in [0.4, 0.5) is 0 Å². The van der Waals surface area contributed by atoms with Gasteiger partial charge in [0.15, 0.2) is 15.6 Å². The van der Waals surface area contributed by atoms with E-state index in [1.54, 1.807) is 55.0 Å². The molecule has 1 heterocycles. The van der Waals surface area contributed by atoms with Crippen LogP contribution in [0.15, 0.2) is 66.1 Å². The van der Waals surface area contributed by atoms with Gasteiger partial charge in [-0.2, -0.15) is 0 Å². The summed E-state index contributed by atoms with van der Waals surface area (Å²) in [5.41, 5.74) is 2.05. The van der Waals surface area contributed by atoms with Crippen LogP contribution < -0.4 is 4.74 Å². The topological polar surface area (TPSA) is 78.3 Å². The molecule has 0 saturated heterocycles. The van der Waals surface area contributed by atoms with Crippen molar-refractivity contribution in [3.63, 3.8) is 0 Å². The summed E-state index contributed by atoms with van der Waals surface area (Å²) in [4.78, 5) is 16.8. The van der Waals surface area contributed by atoms with Gasteiger partial charge in [0.2, 0.25) is 0 Å². The Morgan fingerprint density at radius 2 is 1.94 bits per heavy atom. The number of hydrogen-bond donors (Lipinski definition) is 0. The maximum Gasteiger partial charge on any atom is 0.182 e. The van der Waals surface area contributed by atoms with Gasteiger partial charge >= 0.3 is 0 Å². The quantitative estimate of drug-likeness (QED) is 0.526. The van der Waals surface area contributed by atoms with Crippen molar-refractivity contribution in [2.45, 2.75) is 55.9 Å². The number of carbonyl (C=O) groups is 1. The van der Waals surface area contributed by atoms with E-state index < -0.39 is 9.84 Å². The van der Waals surface area contributed by atoms with Gasteiger partial charge in [-0.1, -0.05) is 25.1 Å². The van der Waals surface area contributed by atoms with Crippen molar-refractivity contribution in [3.05, 3.63) is 77.9 Å². The molecule has 0 N–H and O–H groups in total. The molecule has 162 valence electrons. The molecule has 1 aliphatic rings. The van der Waals surface area contributed by atoms with Gasteiger partial charge in [-0.25, -0.2) is 13.4 Å². The molecule has 7 heteroatoms. The van der Waals surface area contributed by atoms with Crippen molar-refractivity contribution in [1.82, 2.24) is 9.55 Å². The molecule has 3 aromatic rings. The second kappa shape index (κ2) is 9.06. The first kappa shape index (κ1) is 21.3. The number of ether oxygens (including phenoxy) is 1. The molecule has 4 rings (SSSR count). The Balaban J connectivity index is 1.72. The maximum atomic E-state index is 13.2. The third-order valence-corrected chi connectivity index (χ3v) is 7.34. The summed E-state index contributed by atoms with van der Waals surface area (Å²) in [5, 5.41) is 0. The Hall–Kier alpha value is -2.93. The summed E-state index contributed by atoms with van der Waals surface area (Å²) in [6.45, 7) is 2.64. The van der Waals surface area contributed by atoms with E-state index in [4.69, 9.17) is 4.74 Å². The molecule has 0 fully saturated rings. The fraction of sp³-hybridized carbons (Fsp3) is 0.333. The zero-order valence-corrected chi connectivity index (χ0v) is 18.3. The van der Waals surface area contributed by atoms with Gasteiger partial charge in [-0.3, -0.25) is 4.79 Å². The number of Topliss-reactive ketones (excluding diaryl/α,β-unsaturated/α-hetero) is 1. The molecule has 1 unspecified atom stereocenters. The SMILES string of the molecule is CCC(Cn1ccnc1)Oc1ccc2c(c1CS(=O)(=O)c1ccccc1)CCCC2=O. The number of carbonyl (C=O) groups excluding carboxylic acids is 1. The van der Waals surface area contributed by atoms with Gasteiger partial charge < -0.3 is 9.30 Å². The van der Waals surface area contributed by atoms with Crippen LogP contribution >= 0.6 is 0 Å². The highest BCUT2D eigenvalue weighted by atomic mass is 32.2. The van der Waals surface area contributed by atoms with Crippen molar-refractivity contribution in [1.29, 1.82) is 0 Å². The van der Waals surface area contributed by atoms with E-state index in [0.29, 0.717) is 36.3 Å². The highest BCUT2D eigenvalue weighted by Crippen LogP contribution is 2.34. The summed E-state index contributed by atoms with van der Waals surface area (Å²) >= 11 is 0. The van der Waals surface area contributed by atoms with E-state index in [9.17, 15) is 13.2 Å². The fourth-order valence-electron chi connectivity index (χ4n) is 4.01. The number of imidazole rings is 1. The molecule has 2 aromatic carbocycles. The fourth-order valence-corrected chi connectivity index (χ4v) is 5.44. The van der Waals surface area contributed by atoms with Crippen LogP contribution in [0.5, 0.6) is 5.75 Å². The van der Waals surface area contributed by atoms with E-state index in [1.807, 2.05) is 17.7 Å². The lowest BCUT2D eigenvalue weighted by Crippen LogP contribution is -2.24. The Bertz CT molecular complexity index is 1160. The third kappa shape index (κ3) is 4.71. The Morgan fingerprint density at radius 3 is 2.65 bits per heavy atom. The molecule has 31 heavy (non-hydrogen) atoms. The zero-order chi connectivity index (χ0) is 21.8. The predicted molar refractivity (Wildman–Crippen MR) is 118 cm³/mol. The summed E-state index contributed by atoms with van der Waals surface area (Å²) in [6.07, 6.45) is 7.82. The molecule has 0 amide bonds. The number of hydrogen-bond acceptors (Lipinski definition) is 5. The van der Waals surface area contributed by atoms with E-state index in [1.165, 1.54) is 0 Å². The largest absolute Gasteiger partial charge is 0.488 e. The van der Waals surface area contributed by atoms with Crippen molar-refractivity contribution in [2.24, 2.45) is 0 Å². The smallest absolute Gasteiger partial charge is 0.182 e. The second-order valence-corrected chi connectivity index (χ2v) is 9.81. The summed E-state index contributed by atoms with van der Waals surface area (Å²) in [7, 11) is -3.59. The van der Waals surface area contributed by atoms with Crippen LogP contribution in [0, 0.1) is 0 Å². The number of aromatic nitrogens is 2. The average Bonchev–Trinajstić information content (AvgIpc) is 3.28. The number of nitrogens with zero attached hydrogens (tertiary/aromatic N) is 2. The molecule has 1 aliphatic carbocycles. The first-order chi connectivity index (χ1) is 15.0. The highest BCUT2D eigenvalue weighted by Gasteiger charge is 2.27. The minimum Gasteiger partial charge on any atom is -0.488 e. The van der Waals surface area contributed by atoms with Crippen LogP contribution in [0.25, 0.3) is 0 Å². The monoisotopic (exact) mass is 438 g/mol.